The van der Waals surface area contributed by atoms with Crippen molar-refractivity contribution in [3.8, 4) is 5.75 Å². The third kappa shape index (κ3) is 4.61. The summed E-state index contributed by atoms with van der Waals surface area (Å²) in [7, 11) is 1.82. The maximum atomic E-state index is 13.0. The number of likely N-dealkylation sites (N-methyl/N-ethyl adjacent to an activating group) is 1. The highest BCUT2D eigenvalue weighted by atomic mass is 35.5. The van der Waals surface area contributed by atoms with Gasteiger partial charge in [0.05, 0.1) is 17.8 Å². The van der Waals surface area contributed by atoms with Crippen molar-refractivity contribution in [2.45, 2.75) is 45.6 Å². The number of carbonyl (C=O) groups excluding carboxylic acids is 1. The molecule has 3 rings (SSSR count). The molecule has 1 amide bonds. The second kappa shape index (κ2) is 8.77. The molecular formula is C22H30Cl2N4O2. The summed E-state index contributed by atoms with van der Waals surface area (Å²) in [6.07, 6.45) is 0.933. The van der Waals surface area contributed by atoms with Gasteiger partial charge in [-0.1, -0.05) is 50.9 Å². The fourth-order valence-electron chi connectivity index (χ4n) is 3.89. The van der Waals surface area contributed by atoms with Crippen LogP contribution in [0.2, 0.25) is 5.02 Å². The van der Waals surface area contributed by atoms with Crippen LogP contribution in [0.15, 0.2) is 27.9 Å². The second-order valence-electron chi connectivity index (χ2n) is 9.04. The lowest BCUT2D eigenvalue weighted by molar-refractivity contribution is -0.127. The van der Waals surface area contributed by atoms with Crippen LogP contribution in [0.25, 0.3) is 0 Å². The largest absolute Gasteiger partial charge is 0.506 e. The molecule has 8 heteroatoms. The molecule has 1 saturated heterocycles. The summed E-state index contributed by atoms with van der Waals surface area (Å²) in [6, 6.07) is 3.58. The Morgan fingerprint density at radius 2 is 2.07 bits per heavy atom. The number of hydrogen-bond donors (Lipinski definition) is 3. The highest BCUT2D eigenvalue weighted by Crippen LogP contribution is 2.37. The van der Waals surface area contributed by atoms with Crippen LogP contribution in [0.5, 0.6) is 5.75 Å². The highest BCUT2D eigenvalue weighted by molar-refractivity contribution is 6.34. The Hall–Kier alpha value is -1.76. The average Bonchev–Trinajstić information content (AvgIpc) is 3.27. The van der Waals surface area contributed by atoms with Crippen LogP contribution in [0, 0.1) is 5.92 Å². The molecule has 3 N–H and O–H groups in total. The van der Waals surface area contributed by atoms with Crippen molar-refractivity contribution >= 4 is 40.5 Å². The smallest absolute Gasteiger partial charge is 0.253 e. The number of carbonyl (C=O) groups is 1. The van der Waals surface area contributed by atoms with Crippen molar-refractivity contribution in [3.63, 3.8) is 0 Å². The topological polar surface area (TPSA) is 77.0 Å². The molecule has 1 aromatic rings. The quantitative estimate of drug-likeness (QED) is 0.463. The summed E-state index contributed by atoms with van der Waals surface area (Å²) in [4.78, 5) is 19.2. The summed E-state index contributed by atoms with van der Waals surface area (Å²) in [6.45, 7) is 10.2. The van der Waals surface area contributed by atoms with Gasteiger partial charge in [-0.05, 0) is 30.0 Å². The standard InChI is InChI=1S/C22H30Cl2N4O2/c1-12-17(11-26-16-8-14(22(2,3)4)15(23)9-18(16)29)27-20(24)19(12)21(30)28(5)13-6-7-25-10-13/h8-9,12-13,25-26,29H,6-7,10-11H2,1-5H3/t12?,13-/m1/s1. The number of hydrogen-bond acceptors (Lipinski definition) is 5. The molecule has 1 fully saturated rings. The minimum Gasteiger partial charge on any atom is -0.506 e. The molecule has 0 bridgehead atoms. The molecule has 164 valence electrons. The van der Waals surface area contributed by atoms with E-state index >= 15 is 0 Å². The number of halogens is 2. The maximum Gasteiger partial charge on any atom is 0.253 e. The van der Waals surface area contributed by atoms with Crippen LogP contribution < -0.4 is 10.6 Å². The lowest BCUT2D eigenvalue weighted by Gasteiger charge is -2.26. The third-order valence-electron chi connectivity index (χ3n) is 5.88. The van der Waals surface area contributed by atoms with Gasteiger partial charge in [-0.2, -0.15) is 0 Å². The molecular weight excluding hydrogens is 423 g/mol. The van der Waals surface area contributed by atoms with Gasteiger partial charge in [0.2, 0.25) is 0 Å². The minimum absolute atomic E-state index is 0.0723. The normalized spacial score (nSPS) is 21.8. The van der Waals surface area contributed by atoms with Crippen LogP contribution in [0.3, 0.4) is 0 Å². The predicted octanol–water partition coefficient (Wildman–Crippen LogP) is 4.12. The summed E-state index contributed by atoms with van der Waals surface area (Å²) in [5.74, 6) is -0.210. The third-order valence-corrected chi connectivity index (χ3v) is 6.48. The number of nitrogens with zero attached hydrogens (tertiary/aromatic N) is 2. The van der Waals surface area contributed by atoms with Gasteiger partial charge in [0.1, 0.15) is 10.9 Å². The average molecular weight is 453 g/mol. The van der Waals surface area contributed by atoms with Crippen molar-refractivity contribution in [2.24, 2.45) is 10.9 Å². The molecule has 0 radical (unpaired) electrons. The van der Waals surface area contributed by atoms with Gasteiger partial charge >= 0.3 is 0 Å². The second-order valence-corrected chi connectivity index (χ2v) is 9.81. The number of phenols is 1. The van der Waals surface area contributed by atoms with Crippen molar-refractivity contribution in [2.75, 3.05) is 32.0 Å². The van der Waals surface area contributed by atoms with E-state index in [0.29, 0.717) is 22.8 Å². The number of nitrogens with one attached hydrogen (secondary N) is 2. The monoisotopic (exact) mass is 452 g/mol. The zero-order chi connectivity index (χ0) is 22.2. The summed E-state index contributed by atoms with van der Waals surface area (Å²) < 4.78 is 0. The zero-order valence-corrected chi connectivity index (χ0v) is 19.7. The Bertz CT molecular complexity index is 899. The van der Waals surface area contributed by atoms with E-state index in [1.807, 2.05) is 20.0 Å². The van der Waals surface area contributed by atoms with Crippen LogP contribution in [-0.2, 0) is 10.2 Å². The van der Waals surface area contributed by atoms with Gasteiger partial charge in [-0.25, -0.2) is 4.99 Å². The number of aliphatic imine (C=N–C) groups is 1. The Kier molecular flexibility index (Phi) is 6.70. The van der Waals surface area contributed by atoms with Crippen molar-refractivity contribution in [1.82, 2.24) is 10.2 Å². The first-order chi connectivity index (χ1) is 14.0. The van der Waals surface area contributed by atoms with E-state index in [9.17, 15) is 9.90 Å². The molecule has 1 unspecified atom stereocenters. The predicted molar refractivity (Wildman–Crippen MR) is 124 cm³/mol. The molecule has 2 heterocycles. The van der Waals surface area contributed by atoms with Gasteiger partial charge in [0.15, 0.2) is 0 Å². The molecule has 6 nitrogen and oxygen atoms in total. The lowest BCUT2D eigenvalue weighted by atomic mass is 9.86. The molecule has 0 saturated carbocycles. The Labute approximate surface area is 188 Å². The van der Waals surface area contributed by atoms with Gasteiger partial charge in [-0.15, -0.1) is 0 Å². The van der Waals surface area contributed by atoms with Crippen molar-refractivity contribution < 1.29 is 9.90 Å². The van der Waals surface area contributed by atoms with E-state index in [2.05, 4.69) is 36.4 Å². The summed E-state index contributed by atoms with van der Waals surface area (Å²) >= 11 is 12.7. The Morgan fingerprint density at radius 1 is 1.37 bits per heavy atom. The number of rotatable bonds is 5. The van der Waals surface area contributed by atoms with E-state index in [-0.39, 0.29) is 34.2 Å². The Balaban J connectivity index is 1.71. The van der Waals surface area contributed by atoms with E-state index < -0.39 is 0 Å². The van der Waals surface area contributed by atoms with Crippen molar-refractivity contribution in [1.29, 1.82) is 0 Å². The van der Waals surface area contributed by atoms with Gasteiger partial charge in [0, 0.05) is 42.4 Å². The number of benzene rings is 1. The van der Waals surface area contributed by atoms with Gasteiger partial charge < -0.3 is 20.6 Å². The van der Waals surface area contributed by atoms with E-state index in [4.69, 9.17) is 23.2 Å². The minimum atomic E-state index is -0.203. The first kappa shape index (κ1) is 22.9. The molecule has 2 aliphatic rings. The van der Waals surface area contributed by atoms with Crippen LogP contribution in [-0.4, -0.2) is 54.3 Å². The zero-order valence-electron chi connectivity index (χ0n) is 18.1. The van der Waals surface area contributed by atoms with Crippen LogP contribution >= 0.6 is 23.2 Å². The molecule has 0 aromatic heterocycles. The molecule has 1 aromatic carbocycles. The lowest BCUT2D eigenvalue weighted by Crippen LogP contribution is -2.40. The van der Waals surface area contributed by atoms with Gasteiger partial charge in [-0.3, -0.25) is 4.79 Å². The first-order valence-corrected chi connectivity index (χ1v) is 11.0. The number of amides is 1. The van der Waals surface area contributed by atoms with Crippen LogP contribution in [0.1, 0.15) is 39.7 Å². The van der Waals surface area contributed by atoms with Gasteiger partial charge in [0.25, 0.3) is 5.91 Å². The highest BCUT2D eigenvalue weighted by Gasteiger charge is 2.34. The maximum absolute atomic E-state index is 13.0. The van der Waals surface area contributed by atoms with E-state index in [0.717, 1.165) is 30.8 Å². The fraction of sp³-hybridized carbons (Fsp3) is 0.545. The molecule has 2 aliphatic heterocycles. The summed E-state index contributed by atoms with van der Waals surface area (Å²) in [5.41, 5.74) is 2.63. The Morgan fingerprint density at radius 3 is 2.67 bits per heavy atom. The van der Waals surface area contributed by atoms with Crippen molar-refractivity contribution in [3.05, 3.63) is 33.4 Å². The fourth-order valence-corrected chi connectivity index (χ4v) is 4.68. The summed E-state index contributed by atoms with van der Waals surface area (Å²) in [5, 5.41) is 17.6. The number of anilines is 1. The van der Waals surface area contributed by atoms with E-state index in [1.54, 1.807) is 11.0 Å². The van der Waals surface area contributed by atoms with E-state index in [1.165, 1.54) is 0 Å². The number of aromatic hydroxyl groups is 1. The molecule has 30 heavy (non-hydrogen) atoms. The number of phenolic OH excluding ortho intramolecular Hbond substituents is 1. The molecule has 0 spiro atoms. The van der Waals surface area contributed by atoms with Crippen LogP contribution in [0.4, 0.5) is 5.69 Å². The molecule has 2 atom stereocenters. The molecule has 0 aliphatic carbocycles. The first-order valence-electron chi connectivity index (χ1n) is 10.2. The SMILES string of the molecule is CC1C(CNc2cc(C(C)(C)C)c(Cl)cc2O)=NC(Cl)=C1C(=O)N(C)[C@@H]1CCNC1.